The van der Waals surface area contributed by atoms with Crippen molar-refractivity contribution < 1.29 is 4.79 Å². The van der Waals surface area contributed by atoms with Crippen molar-refractivity contribution >= 4 is 23.2 Å². The Morgan fingerprint density at radius 2 is 2.29 bits per heavy atom. The molecule has 1 amide bonds. The minimum atomic E-state index is -0.154. The van der Waals surface area contributed by atoms with Crippen LogP contribution in [-0.4, -0.2) is 36.5 Å². The van der Waals surface area contributed by atoms with Crippen LogP contribution in [-0.2, 0) is 0 Å². The second-order valence-corrected chi connectivity index (χ2v) is 6.14. The first-order valence-electron chi connectivity index (χ1n) is 7.65. The number of anilines is 1. The molecule has 5 heteroatoms. The van der Waals surface area contributed by atoms with Gasteiger partial charge in [-0.2, -0.15) is 0 Å². The van der Waals surface area contributed by atoms with Gasteiger partial charge in [0.05, 0.1) is 10.6 Å². The zero-order valence-electron chi connectivity index (χ0n) is 12.6. The molecule has 1 saturated heterocycles. The molecule has 0 saturated carbocycles. The number of nitrogens with one attached hydrogen (secondary N) is 1. The Hall–Kier alpha value is -1.26. The van der Waals surface area contributed by atoms with E-state index in [1.165, 1.54) is 25.8 Å². The number of rotatable bonds is 5. The van der Waals surface area contributed by atoms with Gasteiger partial charge in [0, 0.05) is 24.8 Å². The fourth-order valence-electron chi connectivity index (χ4n) is 2.79. The average Bonchev–Trinajstić information content (AvgIpc) is 2.47. The monoisotopic (exact) mass is 309 g/mol. The van der Waals surface area contributed by atoms with E-state index in [9.17, 15) is 4.79 Å². The van der Waals surface area contributed by atoms with E-state index in [2.05, 4.69) is 17.1 Å². The predicted molar refractivity (Wildman–Crippen MR) is 87.7 cm³/mol. The van der Waals surface area contributed by atoms with Crippen molar-refractivity contribution in [3.63, 3.8) is 0 Å². The summed E-state index contributed by atoms with van der Waals surface area (Å²) >= 11 is 6.02. The quantitative estimate of drug-likeness (QED) is 0.649. The van der Waals surface area contributed by atoms with Gasteiger partial charge in [0.15, 0.2) is 0 Å². The Bertz CT molecular complexity index is 492. The van der Waals surface area contributed by atoms with E-state index in [0.29, 0.717) is 28.9 Å². The first-order valence-corrected chi connectivity index (χ1v) is 8.03. The van der Waals surface area contributed by atoms with E-state index in [1.807, 2.05) is 0 Å². The van der Waals surface area contributed by atoms with Crippen LogP contribution in [0.5, 0.6) is 0 Å². The van der Waals surface area contributed by atoms with Crippen molar-refractivity contribution in [1.29, 1.82) is 0 Å². The molecule has 0 radical (unpaired) electrons. The molecule has 4 nitrogen and oxygen atoms in total. The van der Waals surface area contributed by atoms with Crippen LogP contribution in [0.3, 0.4) is 0 Å². The van der Waals surface area contributed by atoms with Crippen molar-refractivity contribution in [3.8, 4) is 0 Å². The van der Waals surface area contributed by atoms with Gasteiger partial charge in [-0.15, -0.1) is 0 Å². The summed E-state index contributed by atoms with van der Waals surface area (Å²) in [6.07, 6.45) is 4.86. The summed E-state index contributed by atoms with van der Waals surface area (Å²) in [6.45, 7) is 5.15. The number of carbonyl (C=O) groups excluding carboxylic acids is 1. The molecule has 0 aromatic heterocycles. The maximum Gasteiger partial charge on any atom is 0.252 e. The standard InChI is InChI=1S/C16H24ClN3O/c1-12-5-2-3-9-20(12)10-4-8-19-16(21)14-11-13(18)6-7-15(14)17/h6-7,11-12H,2-5,8-10,18H2,1H3,(H,19,21). The van der Waals surface area contributed by atoms with Gasteiger partial charge in [0.25, 0.3) is 5.91 Å². The highest BCUT2D eigenvalue weighted by molar-refractivity contribution is 6.34. The van der Waals surface area contributed by atoms with Gasteiger partial charge in [0.2, 0.25) is 0 Å². The minimum absolute atomic E-state index is 0.154. The van der Waals surface area contributed by atoms with Crippen LogP contribution in [0.25, 0.3) is 0 Å². The molecule has 1 atom stereocenters. The lowest BCUT2D eigenvalue weighted by Crippen LogP contribution is -2.39. The molecular weight excluding hydrogens is 286 g/mol. The third-order valence-electron chi connectivity index (χ3n) is 4.08. The molecule has 1 aromatic carbocycles. The molecule has 116 valence electrons. The van der Waals surface area contributed by atoms with Gasteiger partial charge in [-0.1, -0.05) is 18.0 Å². The van der Waals surface area contributed by atoms with Crippen LogP contribution >= 0.6 is 11.6 Å². The number of amides is 1. The summed E-state index contributed by atoms with van der Waals surface area (Å²) in [4.78, 5) is 14.6. The molecule has 3 N–H and O–H groups in total. The normalized spacial score (nSPS) is 19.4. The molecule has 1 aromatic rings. The summed E-state index contributed by atoms with van der Waals surface area (Å²) in [5.41, 5.74) is 6.68. The number of nitrogen functional groups attached to an aromatic ring is 1. The average molecular weight is 310 g/mol. The van der Waals surface area contributed by atoms with E-state index in [-0.39, 0.29) is 5.91 Å². The molecule has 1 unspecified atom stereocenters. The van der Waals surface area contributed by atoms with E-state index in [0.717, 1.165) is 13.0 Å². The Labute approximate surface area is 131 Å². The number of piperidine rings is 1. The highest BCUT2D eigenvalue weighted by Crippen LogP contribution is 2.19. The van der Waals surface area contributed by atoms with Gasteiger partial charge in [-0.25, -0.2) is 0 Å². The van der Waals surface area contributed by atoms with Crippen LogP contribution < -0.4 is 11.1 Å². The fraction of sp³-hybridized carbons (Fsp3) is 0.562. The number of hydrogen-bond acceptors (Lipinski definition) is 3. The number of benzene rings is 1. The summed E-state index contributed by atoms with van der Waals surface area (Å²) in [6, 6.07) is 5.63. The van der Waals surface area contributed by atoms with Crippen molar-refractivity contribution in [2.45, 2.75) is 38.6 Å². The summed E-state index contributed by atoms with van der Waals surface area (Å²) in [5.74, 6) is -0.154. The highest BCUT2D eigenvalue weighted by atomic mass is 35.5. The first-order chi connectivity index (χ1) is 10.1. The molecule has 0 spiro atoms. The second-order valence-electron chi connectivity index (χ2n) is 5.73. The van der Waals surface area contributed by atoms with Crippen LogP contribution in [0, 0.1) is 0 Å². The third-order valence-corrected chi connectivity index (χ3v) is 4.41. The van der Waals surface area contributed by atoms with Gasteiger partial charge in [-0.05, 0) is 50.9 Å². The van der Waals surface area contributed by atoms with Gasteiger partial charge >= 0.3 is 0 Å². The van der Waals surface area contributed by atoms with Gasteiger partial charge in [-0.3, -0.25) is 4.79 Å². The maximum absolute atomic E-state index is 12.1. The van der Waals surface area contributed by atoms with Crippen LogP contribution in [0.4, 0.5) is 5.69 Å². The number of carbonyl (C=O) groups is 1. The van der Waals surface area contributed by atoms with E-state index in [4.69, 9.17) is 17.3 Å². The van der Waals surface area contributed by atoms with Crippen molar-refractivity contribution in [1.82, 2.24) is 10.2 Å². The maximum atomic E-state index is 12.1. The molecule has 2 rings (SSSR count). The summed E-state index contributed by atoms with van der Waals surface area (Å²) in [5, 5.41) is 3.35. The van der Waals surface area contributed by atoms with Crippen molar-refractivity contribution in [3.05, 3.63) is 28.8 Å². The van der Waals surface area contributed by atoms with Crippen LogP contribution in [0.15, 0.2) is 18.2 Å². The van der Waals surface area contributed by atoms with Crippen molar-refractivity contribution in [2.75, 3.05) is 25.4 Å². The second kappa shape index (κ2) is 7.66. The molecular formula is C16H24ClN3O. The molecule has 1 aliphatic rings. The number of hydrogen-bond donors (Lipinski definition) is 2. The Morgan fingerprint density at radius 1 is 1.48 bits per heavy atom. The zero-order chi connectivity index (χ0) is 15.2. The topological polar surface area (TPSA) is 58.4 Å². The minimum Gasteiger partial charge on any atom is -0.399 e. The number of likely N-dealkylation sites (tertiary alicyclic amines) is 1. The highest BCUT2D eigenvalue weighted by Gasteiger charge is 2.17. The Morgan fingerprint density at radius 3 is 3.05 bits per heavy atom. The molecule has 0 bridgehead atoms. The van der Waals surface area contributed by atoms with Crippen LogP contribution in [0.2, 0.25) is 5.02 Å². The largest absolute Gasteiger partial charge is 0.399 e. The summed E-state index contributed by atoms with van der Waals surface area (Å²) < 4.78 is 0. The van der Waals surface area contributed by atoms with E-state index < -0.39 is 0 Å². The molecule has 1 heterocycles. The third kappa shape index (κ3) is 4.61. The first kappa shape index (κ1) is 16.1. The van der Waals surface area contributed by atoms with E-state index in [1.54, 1.807) is 18.2 Å². The fourth-order valence-corrected chi connectivity index (χ4v) is 2.99. The predicted octanol–water partition coefficient (Wildman–Crippen LogP) is 2.92. The molecule has 1 fully saturated rings. The van der Waals surface area contributed by atoms with Crippen LogP contribution in [0.1, 0.15) is 43.0 Å². The Balaban J connectivity index is 1.75. The lowest BCUT2D eigenvalue weighted by Gasteiger charge is -2.33. The number of nitrogens with two attached hydrogens (primary N) is 1. The molecule has 21 heavy (non-hydrogen) atoms. The lowest BCUT2D eigenvalue weighted by atomic mass is 10.0. The lowest BCUT2D eigenvalue weighted by molar-refractivity contribution is 0.0949. The molecule has 1 aliphatic heterocycles. The SMILES string of the molecule is CC1CCCCN1CCCNC(=O)c1cc(N)ccc1Cl. The summed E-state index contributed by atoms with van der Waals surface area (Å²) in [7, 11) is 0. The number of nitrogens with zero attached hydrogens (tertiary/aromatic N) is 1. The van der Waals surface area contributed by atoms with Gasteiger partial charge in [0.1, 0.15) is 0 Å². The van der Waals surface area contributed by atoms with E-state index >= 15 is 0 Å². The number of halogens is 1. The Kier molecular flexibility index (Phi) is 5.88. The van der Waals surface area contributed by atoms with Gasteiger partial charge < -0.3 is 16.0 Å². The van der Waals surface area contributed by atoms with Crippen molar-refractivity contribution in [2.24, 2.45) is 0 Å². The zero-order valence-corrected chi connectivity index (χ0v) is 13.3. The molecule has 0 aliphatic carbocycles. The smallest absolute Gasteiger partial charge is 0.252 e.